The van der Waals surface area contributed by atoms with Crippen LogP contribution in [-0.2, 0) is 4.79 Å². The number of carbonyl (C=O) groups is 1. The van der Waals surface area contributed by atoms with E-state index in [-0.39, 0.29) is 12.5 Å². The topological polar surface area (TPSA) is 40.5 Å². The quantitative estimate of drug-likeness (QED) is 0.651. The minimum absolute atomic E-state index is 0.164. The van der Waals surface area contributed by atoms with Crippen molar-refractivity contribution in [2.75, 3.05) is 19.7 Å². The molecule has 0 aromatic heterocycles. The maximum Gasteiger partial charge on any atom is 0.222 e. The van der Waals surface area contributed by atoms with Crippen molar-refractivity contribution in [2.45, 2.75) is 33.1 Å². The molecule has 3 nitrogen and oxygen atoms in total. The van der Waals surface area contributed by atoms with Gasteiger partial charge in [-0.3, -0.25) is 4.79 Å². The van der Waals surface area contributed by atoms with Crippen LogP contribution in [0, 0.1) is 0 Å². The highest BCUT2D eigenvalue weighted by molar-refractivity contribution is 5.75. The summed E-state index contributed by atoms with van der Waals surface area (Å²) < 4.78 is 0. The molecule has 0 aliphatic rings. The molecule has 0 rings (SSSR count). The fourth-order valence-corrected chi connectivity index (χ4v) is 1.12. The molecular formula is C9H19NO2. The van der Waals surface area contributed by atoms with Gasteiger partial charge in [-0.25, -0.2) is 0 Å². The van der Waals surface area contributed by atoms with Crippen molar-refractivity contribution in [3.63, 3.8) is 0 Å². The van der Waals surface area contributed by atoms with Crippen LogP contribution in [0.1, 0.15) is 33.1 Å². The van der Waals surface area contributed by atoms with Gasteiger partial charge in [0.25, 0.3) is 0 Å². The molecule has 0 aliphatic heterocycles. The smallest absolute Gasteiger partial charge is 0.222 e. The Kier molecular flexibility index (Phi) is 6.76. The van der Waals surface area contributed by atoms with Crippen LogP contribution in [-0.4, -0.2) is 35.6 Å². The molecule has 1 amide bonds. The van der Waals surface area contributed by atoms with Gasteiger partial charge in [0.1, 0.15) is 0 Å². The molecule has 0 aliphatic carbocycles. The summed E-state index contributed by atoms with van der Waals surface area (Å²) in [7, 11) is 0. The van der Waals surface area contributed by atoms with Gasteiger partial charge in [-0.1, -0.05) is 13.8 Å². The Morgan fingerprint density at radius 1 is 1.33 bits per heavy atom. The number of aliphatic hydroxyl groups is 1. The van der Waals surface area contributed by atoms with Crippen molar-refractivity contribution in [3.8, 4) is 0 Å². The van der Waals surface area contributed by atoms with Crippen molar-refractivity contribution in [2.24, 2.45) is 0 Å². The zero-order valence-electron chi connectivity index (χ0n) is 8.05. The molecule has 0 radical (unpaired) electrons. The van der Waals surface area contributed by atoms with Gasteiger partial charge in [0.2, 0.25) is 5.91 Å². The lowest BCUT2D eigenvalue weighted by molar-refractivity contribution is -0.131. The fraction of sp³-hybridized carbons (Fsp3) is 0.889. The highest BCUT2D eigenvalue weighted by Gasteiger charge is 2.08. The number of nitrogens with zero attached hydrogens (tertiary/aromatic N) is 1. The monoisotopic (exact) mass is 173 g/mol. The van der Waals surface area contributed by atoms with Crippen LogP contribution in [0.15, 0.2) is 0 Å². The maximum absolute atomic E-state index is 11.3. The van der Waals surface area contributed by atoms with Crippen molar-refractivity contribution in [3.05, 3.63) is 0 Å². The van der Waals surface area contributed by atoms with Crippen LogP contribution < -0.4 is 0 Å². The summed E-state index contributed by atoms with van der Waals surface area (Å²) in [6.45, 7) is 5.58. The molecule has 1 N–H and O–H groups in total. The Morgan fingerprint density at radius 3 is 2.42 bits per heavy atom. The zero-order valence-corrected chi connectivity index (χ0v) is 8.05. The Labute approximate surface area is 74.4 Å². The van der Waals surface area contributed by atoms with Crippen molar-refractivity contribution < 1.29 is 9.90 Å². The summed E-state index contributed by atoms with van der Waals surface area (Å²) in [4.78, 5) is 13.1. The third kappa shape index (κ3) is 4.34. The van der Waals surface area contributed by atoms with E-state index in [2.05, 4.69) is 6.92 Å². The summed E-state index contributed by atoms with van der Waals surface area (Å²) in [6, 6.07) is 0. The molecule has 0 saturated heterocycles. The molecule has 0 atom stereocenters. The summed E-state index contributed by atoms with van der Waals surface area (Å²) in [5.41, 5.74) is 0. The summed E-state index contributed by atoms with van der Waals surface area (Å²) in [5, 5.41) is 8.60. The van der Waals surface area contributed by atoms with E-state index < -0.39 is 0 Å². The molecule has 0 unspecified atom stereocenters. The first-order chi connectivity index (χ1) is 5.76. The lowest BCUT2D eigenvalue weighted by Crippen LogP contribution is -2.32. The lowest BCUT2D eigenvalue weighted by Gasteiger charge is -2.20. The van der Waals surface area contributed by atoms with Crippen LogP contribution in [0.25, 0.3) is 0 Å². The molecule has 0 heterocycles. The van der Waals surface area contributed by atoms with Gasteiger partial charge in [-0.05, 0) is 12.8 Å². The van der Waals surface area contributed by atoms with E-state index in [9.17, 15) is 4.79 Å². The van der Waals surface area contributed by atoms with E-state index in [1.165, 1.54) is 0 Å². The van der Waals surface area contributed by atoms with Gasteiger partial charge < -0.3 is 10.0 Å². The third-order valence-electron chi connectivity index (χ3n) is 1.73. The lowest BCUT2D eigenvalue weighted by atomic mass is 10.3. The highest BCUT2D eigenvalue weighted by atomic mass is 16.3. The summed E-state index contributed by atoms with van der Waals surface area (Å²) in [5.74, 6) is 0.185. The zero-order chi connectivity index (χ0) is 9.40. The van der Waals surface area contributed by atoms with E-state index >= 15 is 0 Å². The van der Waals surface area contributed by atoms with Gasteiger partial charge in [0, 0.05) is 26.1 Å². The Bertz CT molecular complexity index is 126. The average molecular weight is 173 g/mol. The second-order valence-corrected chi connectivity index (χ2v) is 2.81. The summed E-state index contributed by atoms with van der Waals surface area (Å²) in [6.07, 6.45) is 2.23. The maximum atomic E-state index is 11.3. The first-order valence-corrected chi connectivity index (χ1v) is 4.64. The molecule has 0 saturated carbocycles. The van der Waals surface area contributed by atoms with E-state index in [0.717, 1.165) is 13.0 Å². The minimum atomic E-state index is 0.164. The van der Waals surface area contributed by atoms with E-state index in [0.29, 0.717) is 19.4 Å². The number of aliphatic hydroxyl groups excluding tert-OH is 1. The Morgan fingerprint density at radius 2 is 2.00 bits per heavy atom. The first kappa shape index (κ1) is 11.4. The third-order valence-corrected chi connectivity index (χ3v) is 1.73. The molecule has 12 heavy (non-hydrogen) atoms. The van der Waals surface area contributed by atoms with Gasteiger partial charge in [0.15, 0.2) is 0 Å². The van der Waals surface area contributed by atoms with E-state index in [1.54, 1.807) is 0 Å². The van der Waals surface area contributed by atoms with Crippen LogP contribution in [0.5, 0.6) is 0 Å². The second-order valence-electron chi connectivity index (χ2n) is 2.81. The first-order valence-electron chi connectivity index (χ1n) is 4.64. The molecule has 0 bridgehead atoms. The van der Waals surface area contributed by atoms with Crippen molar-refractivity contribution in [1.29, 1.82) is 0 Å². The van der Waals surface area contributed by atoms with Gasteiger partial charge >= 0.3 is 0 Å². The van der Waals surface area contributed by atoms with Gasteiger partial charge in [-0.15, -0.1) is 0 Å². The van der Waals surface area contributed by atoms with Crippen LogP contribution >= 0.6 is 0 Å². The molecule has 72 valence electrons. The standard InChI is InChI=1S/C9H19NO2/c1-3-6-10(7-5-8-11)9(12)4-2/h11H,3-8H2,1-2H3. The predicted octanol–water partition coefficient (Wildman–Crippen LogP) is 1.02. The van der Waals surface area contributed by atoms with Gasteiger partial charge in [-0.2, -0.15) is 0 Å². The average Bonchev–Trinajstić information content (AvgIpc) is 2.11. The number of rotatable bonds is 6. The Hall–Kier alpha value is -0.570. The number of hydrogen-bond acceptors (Lipinski definition) is 2. The second kappa shape index (κ2) is 7.10. The Balaban J connectivity index is 3.76. The molecular weight excluding hydrogens is 154 g/mol. The van der Waals surface area contributed by atoms with Crippen LogP contribution in [0.4, 0.5) is 0 Å². The van der Waals surface area contributed by atoms with Gasteiger partial charge in [0.05, 0.1) is 0 Å². The molecule has 0 fully saturated rings. The largest absolute Gasteiger partial charge is 0.396 e. The summed E-state index contributed by atoms with van der Waals surface area (Å²) >= 11 is 0. The predicted molar refractivity (Wildman–Crippen MR) is 48.9 cm³/mol. The van der Waals surface area contributed by atoms with E-state index in [4.69, 9.17) is 5.11 Å². The number of carbonyl (C=O) groups excluding carboxylic acids is 1. The SMILES string of the molecule is CCCN(CCCO)C(=O)CC. The van der Waals surface area contributed by atoms with Crippen LogP contribution in [0.2, 0.25) is 0 Å². The fourth-order valence-electron chi connectivity index (χ4n) is 1.12. The highest BCUT2D eigenvalue weighted by Crippen LogP contribution is 1.97. The van der Waals surface area contributed by atoms with Crippen LogP contribution in [0.3, 0.4) is 0 Å². The number of hydrogen-bond donors (Lipinski definition) is 1. The molecule has 3 heteroatoms. The van der Waals surface area contributed by atoms with E-state index in [1.807, 2.05) is 11.8 Å². The van der Waals surface area contributed by atoms with Crippen molar-refractivity contribution in [1.82, 2.24) is 4.90 Å². The molecule has 0 aromatic rings. The minimum Gasteiger partial charge on any atom is -0.396 e. The normalized spacial score (nSPS) is 9.92. The van der Waals surface area contributed by atoms with Crippen molar-refractivity contribution >= 4 is 5.91 Å². The molecule has 0 spiro atoms. The number of amides is 1. The molecule has 0 aromatic carbocycles.